The minimum absolute atomic E-state index is 0.0763. The lowest BCUT2D eigenvalue weighted by atomic mass is 10.3. The second-order valence-electron chi connectivity index (χ2n) is 5.34. The Balaban J connectivity index is 2.08. The monoisotopic (exact) mass is 264 g/mol. The van der Waals surface area contributed by atoms with E-state index in [-0.39, 0.29) is 24.1 Å². The molecule has 1 saturated carbocycles. The third kappa shape index (κ3) is 3.81. The number of aromatic nitrogens is 2. The van der Waals surface area contributed by atoms with Gasteiger partial charge < -0.3 is 15.2 Å². The fraction of sp³-hybridized carbons (Fsp3) is 0.615. The molecule has 0 unspecified atom stereocenters. The first-order valence-electron chi connectivity index (χ1n) is 6.57. The SMILES string of the molecule is CC(C)NC(=O)CN(C)c1cc(=O)[nH]c(C2CC2)n1. The molecule has 1 aliphatic rings. The molecule has 0 atom stereocenters. The second-order valence-corrected chi connectivity index (χ2v) is 5.34. The van der Waals surface area contributed by atoms with Crippen molar-refractivity contribution >= 4 is 11.7 Å². The van der Waals surface area contributed by atoms with E-state index in [0.717, 1.165) is 18.7 Å². The van der Waals surface area contributed by atoms with E-state index in [1.807, 2.05) is 13.8 Å². The van der Waals surface area contributed by atoms with Crippen molar-refractivity contribution < 1.29 is 4.79 Å². The van der Waals surface area contributed by atoms with Gasteiger partial charge in [-0.05, 0) is 26.7 Å². The van der Waals surface area contributed by atoms with E-state index >= 15 is 0 Å². The first-order valence-corrected chi connectivity index (χ1v) is 6.57. The van der Waals surface area contributed by atoms with E-state index in [0.29, 0.717) is 11.7 Å². The lowest BCUT2D eigenvalue weighted by Crippen LogP contribution is -2.39. The van der Waals surface area contributed by atoms with Gasteiger partial charge in [0.2, 0.25) is 5.91 Å². The average Bonchev–Trinajstić information content (AvgIpc) is 3.10. The van der Waals surface area contributed by atoms with Crippen LogP contribution in [0.5, 0.6) is 0 Å². The third-order valence-corrected chi connectivity index (χ3v) is 2.93. The molecule has 6 nitrogen and oxygen atoms in total. The summed E-state index contributed by atoms with van der Waals surface area (Å²) in [4.78, 5) is 32.1. The van der Waals surface area contributed by atoms with Crippen LogP contribution in [0.15, 0.2) is 10.9 Å². The Labute approximate surface area is 112 Å². The van der Waals surface area contributed by atoms with E-state index in [2.05, 4.69) is 15.3 Å². The van der Waals surface area contributed by atoms with Gasteiger partial charge in [0.1, 0.15) is 11.6 Å². The summed E-state index contributed by atoms with van der Waals surface area (Å²) in [5.41, 5.74) is -0.164. The number of nitrogens with one attached hydrogen (secondary N) is 2. The lowest BCUT2D eigenvalue weighted by Gasteiger charge is -2.19. The summed E-state index contributed by atoms with van der Waals surface area (Å²) in [6.45, 7) is 4.02. The van der Waals surface area contributed by atoms with E-state index < -0.39 is 0 Å². The summed E-state index contributed by atoms with van der Waals surface area (Å²) in [5.74, 6) is 1.58. The Hall–Kier alpha value is -1.85. The Kier molecular flexibility index (Phi) is 3.87. The van der Waals surface area contributed by atoms with Crippen LogP contribution >= 0.6 is 0 Å². The number of nitrogens with zero attached hydrogens (tertiary/aromatic N) is 2. The van der Waals surface area contributed by atoms with Gasteiger partial charge >= 0.3 is 0 Å². The van der Waals surface area contributed by atoms with E-state index in [1.165, 1.54) is 6.07 Å². The van der Waals surface area contributed by atoms with Gasteiger partial charge in [-0.15, -0.1) is 0 Å². The molecule has 1 aliphatic carbocycles. The number of hydrogen-bond acceptors (Lipinski definition) is 4. The summed E-state index contributed by atoms with van der Waals surface area (Å²) in [6.07, 6.45) is 2.15. The fourth-order valence-electron chi connectivity index (χ4n) is 1.87. The normalized spacial score (nSPS) is 14.5. The molecule has 1 aromatic rings. The average molecular weight is 264 g/mol. The summed E-state index contributed by atoms with van der Waals surface area (Å²) in [5, 5.41) is 2.81. The molecule has 0 aromatic carbocycles. The molecule has 1 heterocycles. The predicted molar refractivity (Wildman–Crippen MR) is 73.4 cm³/mol. The quantitative estimate of drug-likeness (QED) is 0.816. The van der Waals surface area contributed by atoms with Crippen LogP contribution in [0.3, 0.4) is 0 Å². The number of amides is 1. The number of H-pyrrole nitrogens is 1. The minimum atomic E-state index is -0.164. The number of anilines is 1. The Bertz CT molecular complexity index is 520. The molecular formula is C13H20N4O2. The standard InChI is InChI=1S/C13H20N4O2/c1-8(2)14-12(19)7-17(3)10-6-11(18)16-13(15-10)9-4-5-9/h6,8-9H,4-5,7H2,1-3H3,(H,14,19)(H,15,16,18). The van der Waals surface area contributed by atoms with Gasteiger partial charge in [0.25, 0.3) is 5.56 Å². The maximum absolute atomic E-state index is 11.7. The molecular weight excluding hydrogens is 244 g/mol. The van der Waals surface area contributed by atoms with Crippen LogP contribution in [0.2, 0.25) is 0 Å². The molecule has 1 aromatic heterocycles. The molecule has 0 spiro atoms. The van der Waals surface area contributed by atoms with E-state index in [4.69, 9.17) is 0 Å². The highest BCUT2D eigenvalue weighted by Gasteiger charge is 2.26. The summed E-state index contributed by atoms with van der Waals surface area (Å²) >= 11 is 0. The van der Waals surface area contributed by atoms with Crippen molar-refractivity contribution in [3.05, 3.63) is 22.2 Å². The van der Waals surface area contributed by atoms with Crippen LogP contribution in [0.25, 0.3) is 0 Å². The van der Waals surface area contributed by atoms with Crippen molar-refractivity contribution in [3.8, 4) is 0 Å². The topological polar surface area (TPSA) is 78.1 Å². The summed E-state index contributed by atoms with van der Waals surface area (Å²) in [6, 6.07) is 1.53. The molecule has 104 valence electrons. The highest BCUT2D eigenvalue weighted by molar-refractivity contribution is 5.81. The second kappa shape index (κ2) is 5.42. The zero-order chi connectivity index (χ0) is 14.0. The van der Waals surface area contributed by atoms with Crippen molar-refractivity contribution in [2.24, 2.45) is 0 Å². The van der Waals surface area contributed by atoms with Crippen LogP contribution in [0, 0.1) is 0 Å². The van der Waals surface area contributed by atoms with Gasteiger partial charge in [-0.1, -0.05) is 0 Å². The number of rotatable bonds is 5. The minimum Gasteiger partial charge on any atom is -0.352 e. The van der Waals surface area contributed by atoms with Gasteiger partial charge in [0, 0.05) is 25.1 Å². The molecule has 19 heavy (non-hydrogen) atoms. The van der Waals surface area contributed by atoms with Gasteiger partial charge in [-0.3, -0.25) is 9.59 Å². The highest BCUT2D eigenvalue weighted by Crippen LogP contribution is 2.37. The van der Waals surface area contributed by atoms with E-state index in [1.54, 1.807) is 11.9 Å². The van der Waals surface area contributed by atoms with Gasteiger partial charge in [-0.2, -0.15) is 0 Å². The van der Waals surface area contributed by atoms with Crippen LogP contribution in [-0.2, 0) is 4.79 Å². The molecule has 2 rings (SSSR count). The molecule has 2 N–H and O–H groups in total. The Morgan fingerprint density at radius 3 is 2.84 bits per heavy atom. The number of hydrogen-bond donors (Lipinski definition) is 2. The molecule has 0 aliphatic heterocycles. The number of carbonyl (C=O) groups excluding carboxylic acids is 1. The highest BCUT2D eigenvalue weighted by atomic mass is 16.2. The summed E-state index contributed by atoms with van der Waals surface area (Å²) < 4.78 is 0. The Morgan fingerprint density at radius 1 is 1.58 bits per heavy atom. The molecule has 0 saturated heterocycles. The predicted octanol–water partition coefficient (Wildman–Crippen LogP) is 0.608. The van der Waals surface area contributed by atoms with Gasteiger partial charge in [0.15, 0.2) is 0 Å². The molecule has 0 radical (unpaired) electrons. The van der Waals surface area contributed by atoms with Crippen LogP contribution in [-0.4, -0.2) is 35.5 Å². The van der Waals surface area contributed by atoms with Crippen LogP contribution < -0.4 is 15.8 Å². The van der Waals surface area contributed by atoms with Crippen LogP contribution in [0.4, 0.5) is 5.82 Å². The first-order chi connectivity index (χ1) is 8.95. The summed E-state index contributed by atoms with van der Waals surface area (Å²) in [7, 11) is 1.76. The van der Waals surface area contributed by atoms with Gasteiger partial charge in [-0.25, -0.2) is 4.98 Å². The van der Waals surface area contributed by atoms with Crippen molar-refractivity contribution in [1.29, 1.82) is 0 Å². The molecule has 1 amide bonds. The Morgan fingerprint density at radius 2 is 2.26 bits per heavy atom. The number of likely N-dealkylation sites (N-methyl/N-ethyl adjacent to an activating group) is 1. The van der Waals surface area contributed by atoms with E-state index in [9.17, 15) is 9.59 Å². The largest absolute Gasteiger partial charge is 0.352 e. The van der Waals surface area contributed by atoms with Crippen molar-refractivity contribution in [3.63, 3.8) is 0 Å². The van der Waals surface area contributed by atoms with Crippen molar-refractivity contribution in [2.75, 3.05) is 18.5 Å². The number of carbonyl (C=O) groups is 1. The zero-order valence-electron chi connectivity index (χ0n) is 11.6. The van der Waals surface area contributed by atoms with Crippen LogP contribution in [0.1, 0.15) is 38.4 Å². The van der Waals surface area contributed by atoms with Gasteiger partial charge in [0.05, 0.1) is 6.54 Å². The number of aromatic amines is 1. The molecule has 6 heteroatoms. The molecule has 1 fully saturated rings. The zero-order valence-corrected chi connectivity index (χ0v) is 11.6. The maximum Gasteiger partial charge on any atom is 0.252 e. The lowest BCUT2D eigenvalue weighted by molar-refractivity contribution is -0.120. The smallest absolute Gasteiger partial charge is 0.252 e. The molecule has 0 bridgehead atoms. The third-order valence-electron chi connectivity index (χ3n) is 2.93. The van der Waals surface area contributed by atoms with Crippen molar-refractivity contribution in [2.45, 2.75) is 38.6 Å². The maximum atomic E-state index is 11.7. The first kappa shape index (κ1) is 13.6. The fourth-order valence-corrected chi connectivity index (χ4v) is 1.87. The van der Waals surface area contributed by atoms with Crippen molar-refractivity contribution in [1.82, 2.24) is 15.3 Å².